The lowest BCUT2D eigenvalue weighted by Gasteiger charge is -2.27. The molecule has 39 heavy (non-hydrogen) atoms. The topological polar surface area (TPSA) is 126 Å². The number of carbonyl (C=O) groups is 2. The Morgan fingerprint density at radius 1 is 1.00 bits per heavy atom. The maximum absolute atomic E-state index is 12.7. The van der Waals surface area contributed by atoms with E-state index in [0.717, 1.165) is 10.6 Å². The van der Waals surface area contributed by atoms with Crippen molar-refractivity contribution in [3.63, 3.8) is 0 Å². The summed E-state index contributed by atoms with van der Waals surface area (Å²) in [6, 6.07) is 18.9. The van der Waals surface area contributed by atoms with E-state index in [9.17, 15) is 18.0 Å². The molecule has 0 unspecified atom stereocenters. The van der Waals surface area contributed by atoms with Crippen LogP contribution in [0.15, 0.2) is 77.9 Å². The first-order valence-electron chi connectivity index (χ1n) is 11.9. The van der Waals surface area contributed by atoms with Crippen molar-refractivity contribution < 1.29 is 27.5 Å². The number of nitrogens with one attached hydrogen (secondary N) is 2. The number of hydrogen-bond donors (Lipinski definition) is 2. The molecule has 206 valence electrons. The van der Waals surface area contributed by atoms with E-state index >= 15 is 0 Å². The van der Waals surface area contributed by atoms with Crippen LogP contribution in [0.3, 0.4) is 0 Å². The Hall–Kier alpha value is -4.09. The van der Waals surface area contributed by atoms with Gasteiger partial charge in [0, 0.05) is 0 Å². The number of amides is 2. The van der Waals surface area contributed by atoms with Crippen LogP contribution in [0.25, 0.3) is 0 Å². The molecule has 1 atom stereocenters. The molecule has 0 heterocycles. The minimum Gasteiger partial charge on any atom is -0.494 e. The summed E-state index contributed by atoms with van der Waals surface area (Å²) in [6.45, 7) is 3.58. The van der Waals surface area contributed by atoms with Crippen LogP contribution in [-0.2, 0) is 19.6 Å². The SMILES string of the molecule is CCOc1ccc(N([C@H](C)C(=O)N/N=C\c2ccc(OCC(=O)Nc3ccccc3Cl)cc2)S(C)(=O)=O)cc1. The van der Waals surface area contributed by atoms with Crippen molar-refractivity contribution in [2.45, 2.75) is 19.9 Å². The molecule has 0 radical (unpaired) electrons. The zero-order valence-electron chi connectivity index (χ0n) is 21.6. The number of anilines is 2. The molecule has 0 spiro atoms. The molecule has 0 fully saturated rings. The predicted molar refractivity (Wildman–Crippen MR) is 152 cm³/mol. The first-order chi connectivity index (χ1) is 18.6. The van der Waals surface area contributed by atoms with E-state index in [1.165, 1.54) is 13.1 Å². The zero-order valence-corrected chi connectivity index (χ0v) is 23.2. The maximum atomic E-state index is 12.7. The van der Waals surface area contributed by atoms with Gasteiger partial charge in [-0.25, -0.2) is 13.8 Å². The Kier molecular flexibility index (Phi) is 10.3. The van der Waals surface area contributed by atoms with E-state index in [4.69, 9.17) is 21.1 Å². The van der Waals surface area contributed by atoms with Crippen LogP contribution in [0.4, 0.5) is 11.4 Å². The summed E-state index contributed by atoms with van der Waals surface area (Å²) in [5, 5.41) is 7.03. The summed E-state index contributed by atoms with van der Waals surface area (Å²) in [5.41, 5.74) is 3.83. The van der Waals surface area contributed by atoms with Crippen LogP contribution in [-0.4, -0.2) is 52.0 Å². The molecule has 0 saturated heterocycles. The van der Waals surface area contributed by atoms with Gasteiger partial charge in [-0.2, -0.15) is 5.10 Å². The second-order valence-electron chi connectivity index (χ2n) is 8.28. The highest BCUT2D eigenvalue weighted by molar-refractivity contribution is 7.92. The normalized spacial score (nSPS) is 12.0. The summed E-state index contributed by atoms with van der Waals surface area (Å²) >= 11 is 6.03. The number of carbonyl (C=O) groups excluding carboxylic acids is 2. The first-order valence-corrected chi connectivity index (χ1v) is 14.1. The van der Waals surface area contributed by atoms with Gasteiger partial charge in [0.1, 0.15) is 17.5 Å². The summed E-state index contributed by atoms with van der Waals surface area (Å²) in [5.74, 6) is 0.0699. The highest BCUT2D eigenvalue weighted by Gasteiger charge is 2.29. The minimum atomic E-state index is -3.77. The summed E-state index contributed by atoms with van der Waals surface area (Å²) in [4.78, 5) is 24.8. The monoisotopic (exact) mass is 572 g/mol. The first kappa shape index (κ1) is 29.5. The van der Waals surface area contributed by atoms with Crippen molar-refractivity contribution in [1.82, 2.24) is 5.43 Å². The van der Waals surface area contributed by atoms with E-state index in [1.807, 2.05) is 6.92 Å². The van der Waals surface area contributed by atoms with Gasteiger partial charge < -0.3 is 14.8 Å². The average molecular weight is 573 g/mol. The number of rotatable bonds is 12. The van der Waals surface area contributed by atoms with Crippen LogP contribution in [0.5, 0.6) is 11.5 Å². The van der Waals surface area contributed by atoms with Crippen molar-refractivity contribution in [2.75, 3.05) is 29.1 Å². The van der Waals surface area contributed by atoms with Gasteiger partial charge in [0.15, 0.2) is 6.61 Å². The molecule has 3 rings (SSSR count). The third-order valence-electron chi connectivity index (χ3n) is 5.28. The fourth-order valence-electron chi connectivity index (χ4n) is 3.48. The quantitative estimate of drug-likeness (QED) is 0.249. The molecule has 0 aliphatic carbocycles. The number of para-hydroxylation sites is 1. The Bertz CT molecular complexity index is 1410. The Morgan fingerprint density at radius 2 is 1.62 bits per heavy atom. The molecular formula is C27H29ClN4O6S. The third kappa shape index (κ3) is 8.72. The van der Waals surface area contributed by atoms with Gasteiger partial charge in [-0.1, -0.05) is 23.7 Å². The largest absolute Gasteiger partial charge is 0.494 e. The fourth-order valence-corrected chi connectivity index (χ4v) is 4.83. The molecule has 3 aromatic rings. The standard InChI is InChI=1S/C27H29ClN4O6S/c1-4-37-22-15-11-21(12-16-22)32(39(3,35)36)19(2)27(34)31-29-17-20-9-13-23(14-10-20)38-18-26(33)30-25-8-6-5-7-24(25)28/h5-17,19H,4,18H2,1-3H3,(H,30,33)(H,31,34)/b29-17-/t19-/m1/s1. The molecule has 0 aromatic heterocycles. The van der Waals surface area contributed by atoms with Crippen molar-refractivity contribution in [1.29, 1.82) is 0 Å². The third-order valence-corrected chi connectivity index (χ3v) is 6.85. The van der Waals surface area contributed by atoms with Gasteiger partial charge >= 0.3 is 0 Å². The fraction of sp³-hybridized carbons (Fsp3) is 0.222. The summed E-state index contributed by atoms with van der Waals surface area (Å²) in [7, 11) is -3.77. The lowest BCUT2D eigenvalue weighted by molar-refractivity contribution is -0.121. The van der Waals surface area contributed by atoms with Crippen molar-refractivity contribution in [2.24, 2.45) is 5.10 Å². The second-order valence-corrected chi connectivity index (χ2v) is 10.5. The number of nitrogens with zero attached hydrogens (tertiary/aromatic N) is 2. The van der Waals surface area contributed by atoms with Gasteiger partial charge in [0.25, 0.3) is 11.8 Å². The Balaban J connectivity index is 1.54. The smallest absolute Gasteiger partial charge is 0.263 e. The van der Waals surface area contributed by atoms with Gasteiger partial charge in [-0.05, 0) is 80.1 Å². The lowest BCUT2D eigenvalue weighted by Crippen LogP contribution is -2.46. The molecule has 3 aromatic carbocycles. The molecular weight excluding hydrogens is 544 g/mol. The summed E-state index contributed by atoms with van der Waals surface area (Å²) < 4.78 is 36.8. The number of ether oxygens (including phenoxy) is 2. The van der Waals surface area contributed by atoms with E-state index < -0.39 is 22.0 Å². The van der Waals surface area contributed by atoms with Crippen LogP contribution < -0.4 is 24.5 Å². The second kappa shape index (κ2) is 13.6. The molecule has 0 bridgehead atoms. The van der Waals surface area contributed by atoms with E-state index in [1.54, 1.807) is 72.8 Å². The molecule has 0 aliphatic heterocycles. The molecule has 2 amide bonds. The molecule has 0 aliphatic rings. The maximum Gasteiger partial charge on any atom is 0.263 e. The van der Waals surface area contributed by atoms with Crippen LogP contribution in [0.1, 0.15) is 19.4 Å². The Morgan fingerprint density at radius 3 is 2.23 bits per heavy atom. The average Bonchev–Trinajstić information content (AvgIpc) is 2.90. The van der Waals surface area contributed by atoms with Crippen LogP contribution >= 0.6 is 11.6 Å². The lowest BCUT2D eigenvalue weighted by atomic mass is 10.2. The number of benzene rings is 3. The van der Waals surface area contributed by atoms with Gasteiger partial charge in [0.2, 0.25) is 10.0 Å². The number of hydrazone groups is 1. The van der Waals surface area contributed by atoms with Crippen molar-refractivity contribution >= 4 is 51.0 Å². The highest BCUT2D eigenvalue weighted by atomic mass is 35.5. The Labute approximate surface area is 232 Å². The summed E-state index contributed by atoms with van der Waals surface area (Å²) in [6.07, 6.45) is 2.43. The number of hydrogen-bond acceptors (Lipinski definition) is 7. The molecule has 0 saturated carbocycles. The highest BCUT2D eigenvalue weighted by Crippen LogP contribution is 2.24. The van der Waals surface area contributed by atoms with Crippen molar-refractivity contribution in [3.8, 4) is 11.5 Å². The number of sulfonamides is 1. The minimum absolute atomic E-state index is 0.211. The van der Waals surface area contributed by atoms with Gasteiger partial charge in [0.05, 0.1) is 35.5 Å². The van der Waals surface area contributed by atoms with Gasteiger partial charge in [-0.3, -0.25) is 13.9 Å². The van der Waals surface area contributed by atoms with Crippen LogP contribution in [0, 0.1) is 0 Å². The molecule has 2 N–H and O–H groups in total. The molecule has 10 nitrogen and oxygen atoms in total. The van der Waals surface area contributed by atoms with Gasteiger partial charge in [-0.15, -0.1) is 0 Å². The zero-order chi connectivity index (χ0) is 28.4. The van der Waals surface area contributed by atoms with Crippen molar-refractivity contribution in [3.05, 3.63) is 83.4 Å². The van der Waals surface area contributed by atoms with E-state index in [2.05, 4.69) is 15.8 Å². The van der Waals surface area contributed by atoms with E-state index in [0.29, 0.717) is 40.1 Å². The predicted octanol–water partition coefficient (Wildman–Crippen LogP) is 4.06. The molecule has 12 heteroatoms. The van der Waals surface area contributed by atoms with Crippen LogP contribution in [0.2, 0.25) is 5.02 Å². The van der Waals surface area contributed by atoms with E-state index in [-0.39, 0.29) is 12.5 Å². The number of halogens is 1.